The number of aliphatic hydroxyl groups excluding tert-OH is 1. The highest BCUT2D eigenvalue weighted by atomic mass is 16.3. The maximum absolute atomic E-state index is 12.7. The number of aromatic nitrogens is 1. The van der Waals surface area contributed by atoms with Crippen LogP contribution in [0.1, 0.15) is 36.7 Å². The second-order valence-corrected chi connectivity index (χ2v) is 5.69. The van der Waals surface area contributed by atoms with Crippen LogP contribution in [0.5, 0.6) is 0 Å². The fourth-order valence-corrected chi connectivity index (χ4v) is 3.04. The summed E-state index contributed by atoms with van der Waals surface area (Å²) in [6.45, 7) is 2.45. The number of nitrogens with zero attached hydrogens (tertiary/aromatic N) is 2. The van der Waals surface area contributed by atoms with Crippen LogP contribution in [-0.4, -0.2) is 39.6 Å². The minimum Gasteiger partial charge on any atom is -0.391 e. The molecule has 110 valence electrons. The lowest BCUT2D eigenvalue weighted by atomic mass is 9.97. The maximum Gasteiger partial charge on any atom is 0.272 e. The van der Waals surface area contributed by atoms with E-state index in [2.05, 4.69) is 4.98 Å². The highest BCUT2D eigenvalue weighted by Crippen LogP contribution is 2.22. The molecule has 1 saturated heterocycles. The van der Waals surface area contributed by atoms with Crippen molar-refractivity contribution in [3.63, 3.8) is 0 Å². The number of likely N-dealkylation sites (tertiary alicyclic amines) is 1. The monoisotopic (exact) mass is 284 g/mol. The van der Waals surface area contributed by atoms with Gasteiger partial charge in [-0.1, -0.05) is 24.3 Å². The number of fused-ring (bicyclic) bond motifs is 1. The first-order valence-electron chi connectivity index (χ1n) is 7.51. The summed E-state index contributed by atoms with van der Waals surface area (Å²) in [5, 5.41) is 10.9. The molecular weight excluding hydrogens is 264 g/mol. The minimum atomic E-state index is -0.505. The molecule has 0 saturated carbocycles. The molecule has 2 aromatic rings. The van der Waals surface area contributed by atoms with E-state index in [9.17, 15) is 9.90 Å². The lowest BCUT2D eigenvalue weighted by Crippen LogP contribution is -2.49. The lowest BCUT2D eigenvalue weighted by Gasteiger charge is -2.37. The van der Waals surface area contributed by atoms with Crippen molar-refractivity contribution in [1.29, 1.82) is 0 Å². The number of carbonyl (C=O) groups excluding carboxylic acids is 1. The molecule has 0 unspecified atom stereocenters. The fourth-order valence-electron chi connectivity index (χ4n) is 3.04. The first kappa shape index (κ1) is 14.0. The summed E-state index contributed by atoms with van der Waals surface area (Å²) in [4.78, 5) is 19.0. The average molecular weight is 284 g/mol. The Hall–Kier alpha value is -1.94. The van der Waals surface area contributed by atoms with E-state index in [1.165, 1.54) is 0 Å². The van der Waals surface area contributed by atoms with E-state index in [4.69, 9.17) is 0 Å². The zero-order valence-corrected chi connectivity index (χ0v) is 12.2. The van der Waals surface area contributed by atoms with E-state index in [1.807, 2.05) is 30.3 Å². The predicted octanol–water partition coefficient (Wildman–Crippen LogP) is 2.61. The summed E-state index contributed by atoms with van der Waals surface area (Å²) in [5.41, 5.74) is 1.29. The van der Waals surface area contributed by atoms with Gasteiger partial charge in [0.15, 0.2) is 0 Å². The molecule has 2 heterocycles. The molecule has 4 nitrogen and oxygen atoms in total. The van der Waals surface area contributed by atoms with Crippen LogP contribution in [0.15, 0.2) is 36.4 Å². The Kier molecular flexibility index (Phi) is 3.88. The number of pyridine rings is 1. The number of rotatable bonds is 2. The van der Waals surface area contributed by atoms with E-state index >= 15 is 0 Å². The molecule has 2 atom stereocenters. The van der Waals surface area contributed by atoms with Crippen LogP contribution < -0.4 is 0 Å². The zero-order valence-electron chi connectivity index (χ0n) is 12.2. The molecule has 0 bridgehead atoms. The van der Waals surface area contributed by atoms with Crippen molar-refractivity contribution in [1.82, 2.24) is 9.88 Å². The molecule has 1 aliphatic rings. The maximum atomic E-state index is 12.7. The standard InChI is InChI=1S/C17H20N2O2/c1-12(20)16-8-4-5-11-19(16)17(21)15-10-9-13-6-2-3-7-14(13)18-15/h2-3,6-7,9-10,12,16,20H,4-5,8,11H2,1H3/t12-,16+/m1/s1. The third-order valence-electron chi connectivity index (χ3n) is 4.18. The number of carbonyl (C=O) groups is 1. The molecule has 3 rings (SSSR count). The van der Waals surface area contributed by atoms with Crippen LogP contribution in [-0.2, 0) is 0 Å². The van der Waals surface area contributed by atoms with E-state index in [0.29, 0.717) is 12.2 Å². The van der Waals surface area contributed by atoms with Crippen LogP contribution in [0.2, 0.25) is 0 Å². The first-order valence-corrected chi connectivity index (χ1v) is 7.51. The molecule has 1 amide bonds. The van der Waals surface area contributed by atoms with Crippen molar-refractivity contribution in [2.75, 3.05) is 6.54 Å². The number of hydrogen-bond acceptors (Lipinski definition) is 3. The van der Waals surface area contributed by atoms with Crippen molar-refractivity contribution in [2.45, 2.75) is 38.3 Å². The van der Waals surface area contributed by atoms with Gasteiger partial charge in [-0.2, -0.15) is 0 Å². The van der Waals surface area contributed by atoms with Crippen molar-refractivity contribution in [2.24, 2.45) is 0 Å². The molecule has 1 aliphatic heterocycles. The van der Waals surface area contributed by atoms with Crippen LogP contribution in [0.4, 0.5) is 0 Å². The van der Waals surface area contributed by atoms with Gasteiger partial charge >= 0.3 is 0 Å². The normalized spacial score (nSPS) is 20.5. The van der Waals surface area contributed by atoms with Gasteiger partial charge in [0.25, 0.3) is 5.91 Å². The Morgan fingerprint density at radius 1 is 1.29 bits per heavy atom. The molecule has 1 fully saturated rings. The van der Waals surface area contributed by atoms with Gasteiger partial charge in [-0.25, -0.2) is 4.98 Å². The predicted molar refractivity (Wildman–Crippen MR) is 82.1 cm³/mol. The summed E-state index contributed by atoms with van der Waals surface area (Å²) < 4.78 is 0. The van der Waals surface area contributed by atoms with Gasteiger partial charge in [0.1, 0.15) is 5.69 Å². The van der Waals surface area contributed by atoms with Crippen molar-refractivity contribution < 1.29 is 9.90 Å². The number of para-hydroxylation sites is 1. The molecule has 0 aliphatic carbocycles. The Morgan fingerprint density at radius 3 is 2.90 bits per heavy atom. The Labute approximate surface area is 124 Å². The Bertz CT molecular complexity index is 654. The number of piperidine rings is 1. The summed E-state index contributed by atoms with van der Waals surface area (Å²) in [7, 11) is 0. The smallest absolute Gasteiger partial charge is 0.272 e. The van der Waals surface area contributed by atoms with Crippen molar-refractivity contribution in [3.05, 3.63) is 42.1 Å². The van der Waals surface area contributed by atoms with Gasteiger partial charge in [-0.3, -0.25) is 4.79 Å². The fraction of sp³-hybridized carbons (Fsp3) is 0.412. The summed E-state index contributed by atoms with van der Waals surface area (Å²) in [6.07, 6.45) is 2.40. The Balaban J connectivity index is 1.91. The molecule has 0 radical (unpaired) electrons. The summed E-state index contributed by atoms with van der Waals surface area (Å²) in [5.74, 6) is -0.0775. The average Bonchev–Trinajstić information content (AvgIpc) is 2.53. The zero-order chi connectivity index (χ0) is 14.8. The van der Waals surface area contributed by atoms with Gasteiger partial charge < -0.3 is 10.0 Å². The first-order chi connectivity index (χ1) is 10.2. The SMILES string of the molecule is C[C@@H](O)[C@@H]1CCCCN1C(=O)c1ccc2ccccc2n1. The van der Waals surface area contributed by atoms with E-state index in [-0.39, 0.29) is 11.9 Å². The molecule has 0 spiro atoms. The largest absolute Gasteiger partial charge is 0.391 e. The third-order valence-corrected chi connectivity index (χ3v) is 4.18. The highest BCUT2D eigenvalue weighted by Gasteiger charge is 2.31. The van der Waals surface area contributed by atoms with E-state index in [0.717, 1.165) is 30.2 Å². The van der Waals surface area contributed by atoms with Crippen LogP contribution in [0, 0.1) is 0 Å². The Morgan fingerprint density at radius 2 is 2.10 bits per heavy atom. The quantitative estimate of drug-likeness (QED) is 0.922. The van der Waals surface area contributed by atoms with Crippen molar-refractivity contribution >= 4 is 16.8 Å². The van der Waals surface area contributed by atoms with E-state index in [1.54, 1.807) is 17.9 Å². The van der Waals surface area contributed by atoms with Crippen molar-refractivity contribution in [3.8, 4) is 0 Å². The third kappa shape index (κ3) is 2.76. The second-order valence-electron chi connectivity index (χ2n) is 5.69. The van der Waals surface area contributed by atoms with Gasteiger partial charge in [0, 0.05) is 11.9 Å². The number of benzene rings is 1. The lowest BCUT2D eigenvalue weighted by molar-refractivity contribution is 0.0277. The molecular formula is C17H20N2O2. The van der Waals surface area contributed by atoms with Gasteiger partial charge in [0.2, 0.25) is 0 Å². The minimum absolute atomic E-state index is 0.0775. The second kappa shape index (κ2) is 5.82. The molecule has 21 heavy (non-hydrogen) atoms. The van der Waals surface area contributed by atoms with Crippen LogP contribution in [0.25, 0.3) is 10.9 Å². The number of aliphatic hydroxyl groups is 1. The molecule has 1 N–H and O–H groups in total. The summed E-state index contributed by atoms with van der Waals surface area (Å²) >= 11 is 0. The topological polar surface area (TPSA) is 53.4 Å². The van der Waals surface area contributed by atoms with Gasteiger partial charge in [-0.05, 0) is 38.3 Å². The van der Waals surface area contributed by atoms with Crippen LogP contribution in [0.3, 0.4) is 0 Å². The van der Waals surface area contributed by atoms with Crippen LogP contribution >= 0.6 is 0 Å². The number of amides is 1. The van der Waals surface area contributed by atoms with Gasteiger partial charge in [0.05, 0.1) is 17.7 Å². The number of hydrogen-bond donors (Lipinski definition) is 1. The molecule has 4 heteroatoms. The summed E-state index contributed by atoms with van der Waals surface area (Å²) in [6, 6.07) is 11.4. The van der Waals surface area contributed by atoms with Gasteiger partial charge in [-0.15, -0.1) is 0 Å². The highest BCUT2D eigenvalue weighted by molar-refractivity contribution is 5.95. The van der Waals surface area contributed by atoms with E-state index < -0.39 is 6.10 Å². The molecule has 1 aromatic heterocycles. The molecule has 1 aromatic carbocycles.